The highest BCUT2D eigenvalue weighted by molar-refractivity contribution is 9.10. The van der Waals surface area contributed by atoms with Gasteiger partial charge in [0.15, 0.2) is 5.65 Å². The Morgan fingerprint density at radius 2 is 1.47 bits per heavy atom. The summed E-state index contributed by atoms with van der Waals surface area (Å²) in [5.74, 6) is 1.44. The number of anilines is 2. The van der Waals surface area contributed by atoms with E-state index in [1.165, 1.54) is 5.56 Å². The molecule has 3 aromatic heterocycles. The maximum Gasteiger partial charge on any atom is 0.222 e. The van der Waals surface area contributed by atoms with Gasteiger partial charge in [-0.15, -0.1) is 0 Å². The molecule has 7 nitrogen and oxygen atoms in total. The number of halogens is 1. The number of benzene rings is 2. The van der Waals surface area contributed by atoms with Gasteiger partial charge in [0.05, 0.1) is 16.4 Å². The van der Waals surface area contributed by atoms with Gasteiger partial charge in [0.25, 0.3) is 0 Å². The van der Waals surface area contributed by atoms with Gasteiger partial charge in [0.2, 0.25) is 5.95 Å². The molecule has 0 bridgehead atoms. The van der Waals surface area contributed by atoms with Gasteiger partial charge < -0.3 is 10.6 Å². The smallest absolute Gasteiger partial charge is 0.222 e. The van der Waals surface area contributed by atoms with Crippen LogP contribution in [0, 0.1) is 0 Å². The molecule has 0 atom stereocenters. The zero-order chi connectivity index (χ0) is 21.8. The second-order valence-electron chi connectivity index (χ2n) is 7.23. The molecule has 0 unspecified atom stereocenters. The van der Waals surface area contributed by atoms with Crippen molar-refractivity contribution in [2.75, 3.05) is 10.6 Å². The Labute approximate surface area is 193 Å². The molecule has 0 radical (unpaired) electrons. The lowest BCUT2D eigenvalue weighted by Crippen LogP contribution is -2.08. The maximum atomic E-state index is 4.76. The molecule has 2 aromatic carbocycles. The fraction of sp³-hybridized carbons (Fsp3) is 0.0833. The molecule has 0 amide bonds. The molecular formula is C24H20BrN7. The van der Waals surface area contributed by atoms with E-state index in [0.717, 1.165) is 32.8 Å². The van der Waals surface area contributed by atoms with E-state index in [1.54, 1.807) is 10.7 Å². The second-order valence-corrected chi connectivity index (χ2v) is 8.08. The number of nitrogens with one attached hydrogen (secondary N) is 2. The average Bonchev–Trinajstić information content (AvgIpc) is 3.24. The Kier molecular flexibility index (Phi) is 5.76. The Morgan fingerprint density at radius 3 is 2.22 bits per heavy atom. The van der Waals surface area contributed by atoms with Gasteiger partial charge in [0, 0.05) is 42.7 Å². The first kappa shape index (κ1) is 20.1. The zero-order valence-electron chi connectivity index (χ0n) is 17.1. The highest BCUT2D eigenvalue weighted by atomic mass is 79.9. The number of fused-ring (bicyclic) bond motifs is 1. The van der Waals surface area contributed by atoms with Gasteiger partial charge in [-0.05, 0) is 21.5 Å². The summed E-state index contributed by atoms with van der Waals surface area (Å²) in [5, 5.41) is 11.1. The Hall–Kier alpha value is -3.78. The van der Waals surface area contributed by atoms with Crippen LogP contribution < -0.4 is 10.6 Å². The summed E-state index contributed by atoms with van der Waals surface area (Å²) in [6.07, 6.45) is 5.39. The van der Waals surface area contributed by atoms with Crippen LogP contribution in [-0.4, -0.2) is 24.6 Å². The molecule has 3 heterocycles. The molecule has 5 rings (SSSR count). The number of aromatic nitrogens is 5. The topological polar surface area (TPSA) is 80.0 Å². The molecule has 0 fully saturated rings. The van der Waals surface area contributed by atoms with Gasteiger partial charge in [0.1, 0.15) is 5.82 Å². The van der Waals surface area contributed by atoms with E-state index < -0.39 is 0 Å². The Balaban J connectivity index is 1.31. The van der Waals surface area contributed by atoms with Crippen LogP contribution in [0.25, 0.3) is 16.9 Å². The minimum atomic E-state index is 0.559. The van der Waals surface area contributed by atoms with Crippen LogP contribution >= 0.6 is 15.9 Å². The van der Waals surface area contributed by atoms with Crippen LogP contribution in [0.5, 0.6) is 0 Å². The van der Waals surface area contributed by atoms with Crippen LogP contribution in [0.4, 0.5) is 11.8 Å². The molecule has 32 heavy (non-hydrogen) atoms. The lowest BCUT2D eigenvalue weighted by atomic mass is 10.1. The summed E-state index contributed by atoms with van der Waals surface area (Å²) in [7, 11) is 0. The normalized spacial score (nSPS) is 10.9. The summed E-state index contributed by atoms with van der Waals surface area (Å²) in [4.78, 5) is 13.6. The molecule has 0 aliphatic heterocycles. The van der Waals surface area contributed by atoms with Crippen molar-refractivity contribution >= 4 is 33.3 Å². The lowest BCUT2D eigenvalue weighted by molar-refractivity contribution is 0.921. The largest absolute Gasteiger partial charge is 0.366 e. The monoisotopic (exact) mass is 485 g/mol. The maximum absolute atomic E-state index is 4.76. The third-order valence-corrected chi connectivity index (χ3v) is 5.53. The van der Waals surface area contributed by atoms with E-state index >= 15 is 0 Å². The highest BCUT2D eigenvalue weighted by Gasteiger charge is 2.11. The number of hydrogen-bond donors (Lipinski definition) is 2. The van der Waals surface area contributed by atoms with E-state index in [9.17, 15) is 0 Å². The SMILES string of the molecule is Brc1cnn2c(NCc3cnc(NCc4ccccc4)nc3)cc(-c3ccccc3)nc12. The van der Waals surface area contributed by atoms with Crippen molar-refractivity contribution in [1.82, 2.24) is 24.6 Å². The molecule has 2 N–H and O–H groups in total. The van der Waals surface area contributed by atoms with Crippen molar-refractivity contribution in [3.63, 3.8) is 0 Å². The molecule has 0 saturated carbocycles. The van der Waals surface area contributed by atoms with E-state index in [-0.39, 0.29) is 0 Å². The van der Waals surface area contributed by atoms with E-state index in [1.807, 2.05) is 67.0 Å². The number of nitrogens with zero attached hydrogens (tertiary/aromatic N) is 5. The molecule has 0 spiro atoms. The predicted octanol–water partition coefficient (Wildman–Crippen LogP) is 5.17. The molecule has 0 aliphatic rings. The van der Waals surface area contributed by atoms with Gasteiger partial charge in [-0.1, -0.05) is 60.7 Å². The zero-order valence-corrected chi connectivity index (χ0v) is 18.7. The van der Waals surface area contributed by atoms with Crippen molar-refractivity contribution in [2.45, 2.75) is 13.1 Å². The second kappa shape index (κ2) is 9.15. The van der Waals surface area contributed by atoms with Crippen LogP contribution in [0.3, 0.4) is 0 Å². The first-order valence-corrected chi connectivity index (χ1v) is 11.0. The van der Waals surface area contributed by atoms with Crippen LogP contribution in [-0.2, 0) is 13.1 Å². The molecule has 5 aromatic rings. The van der Waals surface area contributed by atoms with Gasteiger partial charge >= 0.3 is 0 Å². The van der Waals surface area contributed by atoms with Crippen LogP contribution in [0.1, 0.15) is 11.1 Å². The van der Waals surface area contributed by atoms with Crippen LogP contribution in [0.2, 0.25) is 0 Å². The van der Waals surface area contributed by atoms with E-state index in [2.05, 4.69) is 53.8 Å². The molecule has 158 valence electrons. The Morgan fingerprint density at radius 1 is 0.781 bits per heavy atom. The third-order valence-electron chi connectivity index (χ3n) is 4.97. The van der Waals surface area contributed by atoms with Crippen LogP contribution in [0.15, 0.2) is 89.8 Å². The van der Waals surface area contributed by atoms with Gasteiger partial charge in [-0.2, -0.15) is 9.61 Å². The summed E-state index contributed by atoms with van der Waals surface area (Å²) < 4.78 is 2.63. The standard InChI is InChI=1S/C24H20BrN7/c25-20-16-30-32-22(11-21(31-23(20)32)19-9-5-2-6-10-19)26-13-18-14-28-24(29-15-18)27-12-17-7-3-1-4-8-17/h1-11,14-16,26H,12-13H2,(H,27,28,29). The lowest BCUT2D eigenvalue weighted by Gasteiger charge is -2.11. The molecule has 0 aliphatic carbocycles. The predicted molar refractivity (Wildman–Crippen MR) is 129 cm³/mol. The minimum Gasteiger partial charge on any atom is -0.366 e. The van der Waals surface area contributed by atoms with Crippen molar-refractivity contribution in [1.29, 1.82) is 0 Å². The quantitative estimate of drug-likeness (QED) is 0.330. The average molecular weight is 486 g/mol. The summed E-state index contributed by atoms with van der Waals surface area (Å²) >= 11 is 3.54. The van der Waals surface area contributed by atoms with E-state index in [0.29, 0.717) is 19.0 Å². The Bertz CT molecular complexity index is 1320. The minimum absolute atomic E-state index is 0.559. The molecular weight excluding hydrogens is 466 g/mol. The van der Waals surface area contributed by atoms with Gasteiger partial charge in [-0.3, -0.25) is 0 Å². The summed E-state index contributed by atoms with van der Waals surface area (Å²) in [5.41, 5.74) is 4.82. The van der Waals surface area contributed by atoms with Crippen molar-refractivity contribution in [3.05, 3.63) is 101 Å². The van der Waals surface area contributed by atoms with E-state index in [4.69, 9.17) is 4.98 Å². The van der Waals surface area contributed by atoms with Crippen molar-refractivity contribution in [2.24, 2.45) is 0 Å². The van der Waals surface area contributed by atoms with Crippen molar-refractivity contribution in [3.8, 4) is 11.3 Å². The number of rotatable bonds is 7. The summed E-state index contributed by atoms with van der Waals surface area (Å²) in [6.45, 7) is 1.24. The summed E-state index contributed by atoms with van der Waals surface area (Å²) in [6, 6.07) is 22.3. The fourth-order valence-corrected chi connectivity index (χ4v) is 3.67. The van der Waals surface area contributed by atoms with Crippen molar-refractivity contribution < 1.29 is 0 Å². The van der Waals surface area contributed by atoms with Gasteiger partial charge in [-0.25, -0.2) is 15.0 Å². The highest BCUT2D eigenvalue weighted by Crippen LogP contribution is 2.26. The molecule has 8 heteroatoms. The third kappa shape index (κ3) is 4.45. The first-order valence-electron chi connectivity index (χ1n) is 10.2. The fourth-order valence-electron chi connectivity index (χ4n) is 3.33. The number of hydrogen-bond acceptors (Lipinski definition) is 6. The molecule has 0 saturated heterocycles. The first-order chi connectivity index (χ1) is 15.8.